The van der Waals surface area contributed by atoms with Gasteiger partial charge in [-0.15, -0.1) is 0 Å². The zero-order valence-electron chi connectivity index (χ0n) is 48.4. The van der Waals surface area contributed by atoms with Crippen molar-refractivity contribution in [2.45, 2.75) is 49.4 Å². The monoisotopic (exact) mass is 1500 g/mol. The van der Waals surface area contributed by atoms with Crippen molar-refractivity contribution in [1.29, 1.82) is 0 Å². The number of hydrogen-bond acceptors (Lipinski definition) is 6. The van der Waals surface area contributed by atoms with Crippen molar-refractivity contribution in [2.75, 3.05) is 0 Å². The SMILES string of the molecule is Fc1cc2c(cc1F)-c1nc-2nc2[n-]c(nc3nc(nc4[n-]c(n1)c1c(-c5cc(C(F)(F)F)cc(C(F)(F)F)c5)ccc(-c5cc(C(F)(F)F)cc(C(F)(F)F)c5)c41)-c1cc(F)c(F)cc1-3)c1c(-c3cc(C(F)(F)F)cc(C(F)(F)F)c3)ccc(-c3cc(C(F)(F)F)cc(C(F)(F)F)c3)c21.[Zn+2]. The number of hydrogen-bond donors (Lipinski definition) is 0. The number of nitrogens with zero attached hydrogens (tertiary/aromatic N) is 8. The molecule has 0 radical (unpaired) electrons. The molecule has 0 amide bonds. The Hall–Kier alpha value is -10.2. The number of fused-ring (bicyclic) bond motifs is 20. The summed E-state index contributed by atoms with van der Waals surface area (Å²) in [4.78, 5) is 33.9. The summed E-state index contributed by atoms with van der Waals surface area (Å²) in [5, 5.41) is -4.05. The Morgan fingerprint density at radius 1 is 0.208 bits per heavy atom. The first-order valence-electron chi connectivity index (χ1n) is 27.4. The van der Waals surface area contributed by atoms with Gasteiger partial charge in [-0.2, -0.15) is 105 Å². The Bertz CT molecular complexity index is 4710. The van der Waals surface area contributed by atoms with Gasteiger partial charge in [0.25, 0.3) is 0 Å². The molecule has 8 nitrogen and oxygen atoms in total. The largest absolute Gasteiger partial charge is 2.00 e. The molecule has 0 aliphatic carbocycles. The summed E-state index contributed by atoms with van der Waals surface area (Å²) in [6, 6.07) is 2.56. The second-order valence-corrected chi connectivity index (χ2v) is 22.1. The molecule has 0 N–H and O–H groups in total. The molecule has 0 spiro atoms. The van der Waals surface area contributed by atoms with Crippen LogP contribution in [0.2, 0.25) is 0 Å². The molecule has 3 aromatic heterocycles. The minimum absolute atomic E-state index is 0. The number of rotatable bonds is 4. The van der Waals surface area contributed by atoms with Crippen LogP contribution in [-0.4, -0.2) is 29.9 Å². The summed E-state index contributed by atoms with van der Waals surface area (Å²) in [6.45, 7) is 0. The van der Waals surface area contributed by atoms with Crippen molar-refractivity contribution in [3.05, 3.63) is 189 Å². The van der Waals surface area contributed by atoms with E-state index in [4.69, 9.17) is 0 Å². The predicted molar refractivity (Wildman–Crippen MR) is 296 cm³/mol. The Labute approximate surface area is 553 Å². The minimum atomic E-state index is -5.67. The molecule has 0 fully saturated rings. The molecule has 101 heavy (non-hydrogen) atoms. The summed E-state index contributed by atoms with van der Waals surface area (Å²) in [6.07, 6.45) is -45.3. The molecule has 11 aromatic rings. The normalized spacial score (nSPS) is 13.3. The maximum absolute atomic E-state index is 15.8. The van der Waals surface area contributed by atoms with Crippen LogP contribution < -0.4 is 9.97 Å². The van der Waals surface area contributed by atoms with Crippen molar-refractivity contribution >= 4 is 44.1 Å². The van der Waals surface area contributed by atoms with Gasteiger partial charge >= 0.3 is 68.9 Å². The number of alkyl halides is 24. The van der Waals surface area contributed by atoms with E-state index in [0.29, 0.717) is 24.3 Å². The molecule has 514 valence electrons. The molecule has 0 unspecified atom stereocenters. The van der Waals surface area contributed by atoms with Crippen LogP contribution in [0, 0.1) is 23.3 Å². The Morgan fingerprint density at radius 3 is 0.515 bits per heavy atom. The zero-order chi connectivity index (χ0) is 72.6. The summed E-state index contributed by atoms with van der Waals surface area (Å²) in [5.41, 5.74) is -32.9. The molecular formula is C64H20F28N8Zn. The third-order valence-electron chi connectivity index (χ3n) is 15.7. The molecule has 0 atom stereocenters. The van der Waals surface area contributed by atoms with Crippen LogP contribution >= 0.6 is 0 Å². The van der Waals surface area contributed by atoms with E-state index in [-0.39, 0.29) is 117 Å². The van der Waals surface area contributed by atoms with Gasteiger partial charge in [0.05, 0.1) is 67.8 Å². The van der Waals surface area contributed by atoms with Gasteiger partial charge in [-0.1, -0.05) is 24.3 Å². The Balaban J connectivity index is 0.00000965. The van der Waals surface area contributed by atoms with Gasteiger partial charge in [-0.05, 0) is 142 Å². The first kappa shape index (κ1) is 70.6. The molecular weight excluding hydrogens is 1480 g/mol. The molecule has 8 aromatic carbocycles. The predicted octanol–water partition coefficient (Wildman–Crippen LogP) is 21.5. The fourth-order valence-electron chi connectivity index (χ4n) is 11.3. The van der Waals surface area contributed by atoms with Crippen LogP contribution in [0.15, 0.2) is 121 Å². The maximum atomic E-state index is 15.8. The van der Waals surface area contributed by atoms with Crippen LogP contribution in [0.5, 0.6) is 0 Å². The molecule has 13 rings (SSSR count). The molecule has 5 heterocycles. The molecule has 2 aliphatic heterocycles. The van der Waals surface area contributed by atoms with Gasteiger partial charge in [-0.3, -0.25) is 0 Å². The van der Waals surface area contributed by atoms with Crippen molar-refractivity contribution in [1.82, 2.24) is 39.9 Å². The first-order chi connectivity index (χ1) is 46.2. The van der Waals surface area contributed by atoms with E-state index in [1.165, 1.54) is 0 Å². The van der Waals surface area contributed by atoms with Gasteiger partial charge in [-0.25, -0.2) is 27.5 Å². The number of halogens is 28. The summed E-state index contributed by atoms with van der Waals surface area (Å²) in [7, 11) is 0. The quantitative estimate of drug-likeness (QED) is 0.127. The van der Waals surface area contributed by atoms with E-state index >= 15 is 17.6 Å². The standard InChI is InChI=1S/C64H20F28N8.Zn/c65-41-17-37-38(18-42(41)66)51-93-49(37)95-53-45-33(21-5-25(57(69,70)71)13-26(6-21)58(72,73)74)1-2-34(22-7-27(59(75,76)77)14-28(8-22)60(78,79)80)46(45)54(99-53)96-50-39-19-43(67)44(68)20-40(39)52(94-50)98-56-48-36(24-11-31(63(87,88)89)16-32(12-24)64(90,91)92)4-3-35(47(48)55(97-51)100-56)23-9-29(61(81,82)83)15-30(10-23)62(84,85)86;/h1-20H;/q-2;+2. The third-order valence-corrected chi connectivity index (χ3v) is 15.7. The zero-order valence-corrected chi connectivity index (χ0v) is 51.4. The third kappa shape index (κ3) is 12.9. The van der Waals surface area contributed by atoms with Gasteiger partial charge in [0.1, 0.15) is 0 Å². The van der Waals surface area contributed by atoms with Crippen LogP contribution in [0.25, 0.3) is 134 Å². The van der Waals surface area contributed by atoms with Crippen LogP contribution in [0.4, 0.5) is 123 Å². The molecule has 37 heteroatoms. The number of aromatic nitrogens is 8. The molecule has 8 bridgehead atoms. The van der Waals surface area contributed by atoms with Gasteiger partial charge < -0.3 is 29.9 Å². The summed E-state index contributed by atoms with van der Waals surface area (Å²) >= 11 is 0. The second kappa shape index (κ2) is 23.4. The summed E-state index contributed by atoms with van der Waals surface area (Å²) in [5.74, 6) is -11.8. The van der Waals surface area contributed by atoms with Crippen LogP contribution in [-0.2, 0) is 68.9 Å². The van der Waals surface area contributed by atoms with Crippen molar-refractivity contribution in [3.8, 4) is 90.1 Å². The number of benzene rings is 8. The van der Waals surface area contributed by atoms with Gasteiger partial charge in [0, 0.05) is 66.4 Å². The van der Waals surface area contributed by atoms with E-state index in [2.05, 4.69) is 39.9 Å². The fraction of sp³-hybridized carbons (Fsp3) is 0.125. The first-order valence-corrected chi connectivity index (χ1v) is 27.4. The second-order valence-electron chi connectivity index (χ2n) is 22.1. The fourth-order valence-corrected chi connectivity index (χ4v) is 11.3. The van der Waals surface area contributed by atoms with E-state index < -0.39 is 251 Å². The average molecular weight is 1500 g/mol. The van der Waals surface area contributed by atoms with Gasteiger partial charge in [0.15, 0.2) is 23.3 Å². The van der Waals surface area contributed by atoms with Crippen molar-refractivity contribution in [2.24, 2.45) is 0 Å². The van der Waals surface area contributed by atoms with E-state index in [1.807, 2.05) is 0 Å². The Morgan fingerprint density at radius 2 is 0.366 bits per heavy atom. The molecule has 0 saturated carbocycles. The van der Waals surface area contributed by atoms with Crippen molar-refractivity contribution < 1.29 is 142 Å². The molecule has 2 aliphatic rings. The van der Waals surface area contributed by atoms with Gasteiger partial charge in [0.2, 0.25) is 0 Å². The van der Waals surface area contributed by atoms with E-state index in [0.717, 1.165) is 0 Å². The maximum Gasteiger partial charge on any atom is 2.00 e. The topological polar surface area (TPSA) is 106 Å². The van der Waals surface area contributed by atoms with E-state index in [9.17, 15) is 105 Å². The van der Waals surface area contributed by atoms with E-state index in [1.54, 1.807) is 0 Å². The van der Waals surface area contributed by atoms with Crippen molar-refractivity contribution in [3.63, 3.8) is 0 Å². The summed E-state index contributed by atoms with van der Waals surface area (Å²) < 4.78 is 416. The van der Waals surface area contributed by atoms with Crippen LogP contribution in [0.1, 0.15) is 44.5 Å². The molecule has 0 saturated heterocycles. The average Bonchev–Trinajstić information content (AvgIpc) is 1.54. The Kier molecular flexibility index (Phi) is 16.4. The smallest absolute Gasteiger partial charge is 0.357 e. The minimum Gasteiger partial charge on any atom is -0.357 e. The van der Waals surface area contributed by atoms with Crippen LogP contribution in [0.3, 0.4) is 0 Å².